The Bertz CT molecular complexity index is 1220. The number of nitrogens with zero attached hydrogens (tertiary/aromatic N) is 4. The fraction of sp³-hybridized carbons (Fsp3) is 0.0500. The third-order valence-corrected chi connectivity index (χ3v) is 5.44. The number of aromatic nitrogens is 3. The lowest BCUT2D eigenvalue weighted by atomic mass is 10.3. The number of oxime groups is 1. The molecule has 4 rings (SSSR count). The quantitative estimate of drug-likeness (QED) is 0.220. The van der Waals surface area contributed by atoms with Crippen LogP contribution >= 0.6 is 27.5 Å². The van der Waals surface area contributed by atoms with E-state index in [1.807, 2.05) is 48.0 Å². The van der Waals surface area contributed by atoms with Gasteiger partial charge >= 0.3 is 0 Å². The van der Waals surface area contributed by atoms with Crippen LogP contribution in [0, 0.1) is 0 Å². The monoisotopic (exact) mass is 471 g/mol. The summed E-state index contributed by atoms with van der Waals surface area (Å²) in [7, 11) is 1.93. The highest BCUT2D eigenvalue weighted by atomic mass is 79.9. The van der Waals surface area contributed by atoms with Crippen LogP contribution in [0.25, 0.3) is 11.0 Å². The number of hydrogen-bond donors (Lipinski definition) is 2. The van der Waals surface area contributed by atoms with Crippen LogP contribution in [0.15, 0.2) is 64.4 Å². The van der Waals surface area contributed by atoms with Gasteiger partial charge in [0.05, 0.1) is 28.0 Å². The number of imidazole rings is 1. The molecule has 0 saturated heterocycles. The molecule has 146 valence electrons. The molecule has 0 fully saturated rings. The van der Waals surface area contributed by atoms with Gasteiger partial charge in [-0.25, -0.2) is 4.98 Å². The Labute approximate surface area is 179 Å². The van der Waals surface area contributed by atoms with Gasteiger partial charge in [-0.2, -0.15) is 0 Å². The van der Waals surface area contributed by atoms with Crippen molar-refractivity contribution in [3.8, 4) is 11.5 Å². The molecule has 0 aliphatic heterocycles. The second-order valence-electron chi connectivity index (χ2n) is 6.16. The highest BCUT2D eigenvalue weighted by molar-refractivity contribution is 9.10. The average molecular weight is 473 g/mol. The molecule has 0 spiro atoms. The Balaban J connectivity index is 1.61. The van der Waals surface area contributed by atoms with Crippen LogP contribution in [0.3, 0.4) is 0 Å². The lowest BCUT2D eigenvalue weighted by Gasteiger charge is -2.07. The number of hydrogen-bond acceptors (Lipinski definition) is 6. The number of anilines is 2. The zero-order valence-corrected chi connectivity index (χ0v) is 17.5. The number of fused-ring (bicyclic) bond motifs is 1. The molecule has 0 aliphatic carbocycles. The first-order chi connectivity index (χ1) is 14.0. The molecule has 29 heavy (non-hydrogen) atoms. The number of rotatable bonds is 5. The predicted molar refractivity (Wildman–Crippen MR) is 117 cm³/mol. The largest absolute Gasteiger partial charge is 0.457 e. The van der Waals surface area contributed by atoms with Crippen molar-refractivity contribution < 1.29 is 9.94 Å². The molecule has 2 N–H and O–H groups in total. The lowest BCUT2D eigenvalue weighted by Crippen LogP contribution is -1.98. The molecule has 0 radical (unpaired) electrons. The zero-order valence-electron chi connectivity index (χ0n) is 15.2. The smallest absolute Gasteiger partial charge is 0.208 e. The van der Waals surface area contributed by atoms with Crippen molar-refractivity contribution in [3.05, 3.63) is 69.9 Å². The molecule has 2 aromatic carbocycles. The van der Waals surface area contributed by atoms with Crippen LogP contribution in [0.5, 0.6) is 11.5 Å². The lowest BCUT2D eigenvalue weighted by molar-refractivity contribution is 0.321. The van der Waals surface area contributed by atoms with E-state index in [1.165, 1.54) is 6.21 Å². The molecule has 0 aliphatic rings. The molecule has 9 heteroatoms. The number of ether oxygens (including phenoxy) is 1. The van der Waals surface area contributed by atoms with E-state index < -0.39 is 0 Å². The Morgan fingerprint density at radius 1 is 1.17 bits per heavy atom. The van der Waals surface area contributed by atoms with Gasteiger partial charge in [0.25, 0.3) is 0 Å². The van der Waals surface area contributed by atoms with Gasteiger partial charge in [0.15, 0.2) is 0 Å². The van der Waals surface area contributed by atoms with Crippen LogP contribution < -0.4 is 10.1 Å². The first kappa shape index (κ1) is 19.2. The molecule has 0 amide bonds. The van der Waals surface area contributed by atoms with Crippen LogP contribution in [0.2, 0.25) is 5.02 Å². The van der Waals surface area contributed by atoms with Gasteiger partial charge in [-0.1, -0.05) is 16.8 Å². The van der Waals surface area contributed by atoms with E-state index in [4.69, 9.17) is 21.5 Å². The van der Waals surface area contributed by atoms with Crippen molar-refractivity contribution in [3.63, 3.8) is 0 Å². The highest BCUT2D eigenvalue weighted by Crippen LogP contribution is 2.30. The number of pyridine rings is 1. The van der Waals surface area contributed by atoms with E-state index in [-0.39, 0.29) is 0 Å². The number of halogens is 2. The van der Waals surface area contributed by atoms with Crippen LogP contribution in [-0.4, -0.2) is 26.0 Å². The predicted octanol–water partition coefficient (Wildman–Crippen LogP) is 5.73. The van der Waals surface area contributed by atoms with Crippen molar-refractivity contribution >= 4 is 56.4 Å². The summed E-state index contributed by atoms with van der Waals surface area (Å²) < 4.78 is 8.68. The second-order valence-corrected chi connectivity index (χ2v) is 7.42. The van der Waals surface area contributed by atoms with Crippen molar-refractivity contribution in [1.82, 2.24) is 14.5 Å². The minimum atomic E-state index is 0.489. The zero-order chi connectivity index (χ0) is 20.4. The SMILES string of the molecule is Cn1c(Nc2ccc(Br)c(Cl)c2)nc2cc(Oc3ccnc(/C=N\O)c3)ccc21. The standard InChI is InChI=1S/C20H15BrClN5O2/c1-27-19-5-3-14(29-15-6-7-23-13(8-15)11-24-28)10-18(19)26-20(27)25-12-2-4-16(21)17(22)9-12/h2-11,28H,1H3,(H,25,26)/b24-11-. The molecule has 4 aromatic rings. The minimum Gasteiger partial charge on any atom is -0.457 e. The second kappa shape index (κ2) is 8.10. The van der Waals surface area contributed by atoms with Gasteiger partial charge in [-0.3, -0.25) is 4.98 Å². The Morgan fingerprint density at radius 3 is 2.79 bits per heavy atom. The van der Waals surface area contributed by atoms with Crippen LogP contribution in [0.4, 0.5) is 11.6 Å². The van der Waals surface area contributed by atoms with Gasteiger partial charge in [-0.05, 0) is 52.3 Å². The summed E-state index contributed by atoms with van der Waals surface area (Å²) in [6, 6.07) is 14.7. The minimum absolute atomic E-state index is 0.489. The number of benzene rings is 2. The van der Waals surface area contributed by atoms with E-state index in [0.29, 0.717) is 28.2 Å². The highest BCUT2D eigenvalue weighted by Gasteiger charge is 2.10. The van der Waals surface area contributed by atoms with E-state index in [2.05, 4.69) is 36.4 Å². The van der Waals surface area contributed by atoms with Gasteiger partial charge < -0.3 is 19.8 Å². The Morgan fingerprint density at radius 2 is 2.00 bits per heavy atom. The summed E-state index contributed by atoms with van der Waals surface area (Å²) in [6.07, 6.45) is 2.82. The third-order valence-electron chi connectivity index (χ3n) is 4.21. The summed E-state index contributed by atoms with van der Waals surface area (Å²) in [5.41, 5.74) is 3.05. The summed E-state index contributed by atoms with van der Waals surface area (Å²) in [5, 5.41) is 15.5. The van der Waals surface area contributed by atoms with E-state index in [1.54, 1.807) is 18.3 Å². The summed E-state index contributed by atoms with van der Waals surface area (Å²) in [6.45, 7) is 0. The summed E-state index contributed by atoms with van der Waals surface area (Å²) in [5.74, 6) is 1.89. The molecular formula is C20H15BrClN5O2. The first-order valence-corrected chi connectivity index (χ1v) is 9.70. The van der Waals surface area contributed by atoms with Crippen LogP contribution in [0.1, 0.15) is 5.69 Å². The molecule has 7 nitrogen and oxygen atoms in total. The summed E-state index contributed by atoms with van der Waals surface area (Å²) in [4.78, 5) is 8.72. The van der Waals surface area contributed by atoms with E-state index in [0.717, 1.165) is 21.2 Å². The van der Waals surface area contributed by atoms with Crippen LogP contribution in [-0.2, 0) is 7.05 Å². The Kier molecular flexibility index (Phi) is 5.37. The maximum absolute atomic E-state index is 8.64. The average Bonchev–Trinajstić information content (AvgIpc) is 3.00. The molecule has 0 saturated carbocycles. The van der Waals surface area contributed by atoms with Crippen molar-refractivity contribution in [2.75, 3.05) is 5.32 Å². The summed E-state index contributed by atoms with van der Waals surface area (Å²) >= 11 is 9.56. The normalized spacial score (nSPS) is 11.3. The molecule has 0 atom stereocenters. The Hall–Kier alpha value is -3.10. The number of aryl methyl sites for hydroxylation is 1. The van der Waals surface area contributed by atoms with Gasteiger partial charge in [0.2, 0.25) is 5.95 Å². The molecule has 2 aromatic heterocycles. The fourth-order valence-electron chi connectivity index (χ4n) is 2.82. The van der Waals surface area contributed by atoms with Crippen molar-refractivity contribution in [2.45, 2.75) is 0 Å². The van der Waals surface area contributed by atoms with Crippen molar-refractivity contribution in [2.24, 2.45) is 12.2 Å². The van der Waals surface area contributed by atoms with E-state index in [9.17, 15) is 0 Å². The topological polar surface area (TPSA) is 84.6 Å². The third kappa shape index (κ3) is 4.18. The first-order valence-electron chi connectivity index (χ1n) is 8.53. The molecule has 0 unspecified atom stereocenters. The molecular weight excluding hydrogens is 458 g/mol. The molecule has 2 heterocycles. The van der Waals surface area contributed by atoms with Crippen molar-refractivity contribution in [1.29, 1.82) is 0 Å². The molecule has 0 bridgehead atoms. The van der Waals surface area contributed by atoms with E-state index >= 15 is 0 Å². The fourth-order valence-corrected chi connectivity index (χ4v) is 3.24. The van der Waals surface area contributed by atoms with Gasteiger partial charge in [-0.15, -0.1) is 0 Å². The van der Waals surface area contributed by atoms with Gasteiger partial charge in [0, 0.05) is 35.5 Å². The number of nitrogens with one attached hydrogen (secondary N) is 1. The maximum Gasteiger partial charge on any atom is 0.208 e. The van der Waals surface area contributed by atoms with Gasteiger partial charge in [0.1, 0.15) is 11.5 Å². The maximum atomic E-state index is 8.64.